The van der Waals surface area contributed by atoms with Crippen LogP contribution in [0.25, 0.3) is 0 Å². The lowest BCUT2D eigenvalue weighted by Crippen LogP contribution is -2.03. The van der Waals surface area contributed by atoms with Crippen molar-refractivity contribution in [3.63, 3.8) is 0 Å². The Balaban J connectivity index is 0.000000444. The zero-order chi connectivity index (χ0) is 58.1. The number of nitrogens with one attached hydrogen (secondary N) is 2. The molecule has 5 aliphatic carbocycles. The molecular weight excluding hydrogens is 963 g/mol. The van der Waals surface area contributed by atoms with Gasteiger partial charge in [-0.2, -0.15) is 0 Å². The van der Waals surface area contributed by atoms with Gasteiger partial charge in [-0.1, -0.05) is 158 Å². The lowest BCUT2D eigenvalue weighted by atomic mass is 9.94. The van der Waals surface area contributed by atoms with Crippen LogP contribution in [-0.4, -0.2) is 38.0 Å². The van der Waals surface area contributed by atoms with E-state index in [-0.39, 0.29) is 0 Å². The van der Waals surface area contributed by atoms with Crippen molar-refractivity contribution in [1.29, 1.82) is 0 Å². The monoisotopic (exact) mass is 1070 g/mol. The molecule has 0 bridgehead atoms. The average molecular weight is 1070 g/mol. The van der Waals surface area contributed by atoms with Gasteiger partial charge in [0.05, 0.1) is 0 Å². The molecule has 2 aliphatic heterocycles. The van der Waals surface area contributed by atoms with E-state index < -0.39 is 0 Å². The number of aromatic nitrogens is 5. The number of para-hydroxylation sites is 1. The summed E-state index contributed by atoms with van der Waals surface area (Å²) in [6.45, 7) is 30.2. The molecule has 7 nitrogen and oxygen atoms in total. The maximum absolute atomic E-state index is 4.32. The van der Waals surface area contributed by atoms with Crippen LogP contribution in [0.3, 0.4) is 0 Å². The molecule has 14 rings (SSSR count). The van der Waals surface area contributed by atoms with Crippen LogP contribution in [-0.2, 0) is 77.0 Å². The summed E-state index contributed by atoms with van der Waals surface area (Å²) in [6, 6.07) is 34.0. The summed E-state index contributed by atoms with van der Waals surface area (Å²) in [6.07, 6.45) is 37.5. The predicted molar refractivity (Wildman–Crippen MR) is 347 cm³/mol. The van der Waals surface area contributed by atoms with Crippen LogP contribution in [0.4, 0.5) is 11.5 Å². The van der Waals surface area contributed by atoms with Crippen LogP contribution in [0, 0.1) is 0 Å². The lowest BCUT2D eigenvalue weighted by molar-refractivity contribution is 0.668. The quantitative estimate of drug-likeness (QED) is 0.156. The molecule has 0 radical (unpaired) electrons. The Labute approximate surface area is 484 Å². The predicted octanol–water partition coefficient (Wildman–Crippen LogP) is 19.1. The maximum Gasteiger partial charge on any atom is 0.129 e. The molecule has 0 unspecified atom stereocenters. The largest absolute Gasteiger partial charge is 0.384 e. The van der Waals surface area contributed by atoms with Crippen molar-refractivity contribution in [3.05, 3.63) is 207 Å². The number of anilines is 2. The third kappa shape index (κ3) is 26.5. The number of nitrogens with zero attached hydrogens (tertiary/aromatic N) is 5. The van der Waals surface area contributed by atoms with Crippen molar-refractivity contribution in [3.8, 4) is 0 Å². The fourth-order valence-electron chi connectivity index (χ4n) is 9.72. The number of hydrogen-bond acceptors (Lipinski definition) is 7. The Morgan fingerprint density at radius 2 is 0.608 bits per heavy atom. The van der Waals surface area contributed by atoms with Gasteiger partial charge in [-0.25, -0.2) is 4.98 Å². The highest BCUT2D eigenvalue weighted by molar-refractivity contribution is 5.55. The number of rotatable bonds is 0. The van der Waals surface area contributed by atoms with Gasteiger partial charge in [0, 0.05) is 73.5 Å². The van der Waals surface area contributed by atoms with Crippen molar-refractivity contribution in [1.82, 2.24) is 24.9 Å². The topological polar surface area (TPSA) is 88.5 Å². The summed E-state index contributed by atoms with van der Waals surface area (Å²) < 4.78 is 0. The zero-order valence-corrected chi connectivity index (χ0v) is 52.4. The van der Waals surface area contributed by atoms with E-state index in [0.29, 0.717) is 0 Å². The minimum absolute atomic E-state index is 1.05. The number of pyridine rings is 5. The first-order chi connectivity index (χ1) is 39.3. The van der Waals surface area contributed by atoms with Crippen molar-refractivity contribution < 1.29 is 0 Å². The first-order valence-electron chi connectivity index (χ1n) is 31.5. The van der Waals surface area contributed by atoms with E-state index in [0.717, 1.165) is 25.3 Å². The summed E-state index contributed by atoms with van der Waals surface area (Å²) in [5.41, 5.74) is 18.8. The van der Waals surface area contributed by atoms with E-state index >= 15 is 0 Å². The number of hydrogen-bond donors (Lipinski definition) is 2. The second-order valence-corrected chi connectivity index (χ2v) is 17.8. The molecule has 0 amide bonds. The molecule has 7 aliphatic rings. The molecule has 7 heteroatoms. The third-order valence-corrected chi connectivity index (χ3v) is 13.3. The Morgan fingerprint density at radius 3 is 1.10 bits per heavy atom. The van der Waals surface area contributed by atoms with Gasteiger partial charge in [0.15, 0.2) is 0 Å². The van der Waals surface area contributed by atoms with Crippen molar-refractivity contribution in [2.75, 3.05) is 23.7 Å². The van der Waals surface area contributed by atoms with E-state index in [1.54, 1.807) is 11.1 Å². The first kappa shape index (κ1) is 70.8. The van der Waals surface area contributed by atoms with Gasteiger partial charge in [0.1, 0.15) is 5.82 Å². The third-order valence-electron chi connectivity index (χ3n) is 13.3. The highest BCUT2D eigenvalue weighted by Crippen LogP contribution is 2.23. The molecule has 7 aromatic rings. The van der Waals surface area contributed by atoms with E-state index in [4.69, 9.17) is 0 Å². The Hall–Kier alpha value is -6.21. The smallest absolute Gasteiger partial charge is 0.129 e. The van der Waals surface area contributed by atoms with Crippen molar-refractivity contribution in [2.24, 2.45) is 0 Å². The zero-order valence-electron chi connectivity index (χ0n) is 52.4. The summed E-state index contributed by atoms with van der Waals surface area (Å²) >= 11 is 0. The molecular formula is C72H109N7. The molecule has 0 fully saturated rings. The lowest BCUT2D eigenvalue weighted by Gasteiger charge is -2.13. The molecule has 0 spiro atoms. The van der Waals surface area contributed by atoms with Gasteiger partial charge >= 0.3 is 0 Å². The molecule has 0 saturated heterocycles. The van der Waals surface area contributed by atoms with Crippen LogP contribution < -0.4 is 10.6 Å². The maximum atomic E-state index is 4.32. The van der Waals surface area contributed by atoms with Crippen LogP contribution in [0.15, 0.2) is 140 Å². The molecule has 0 atom stereocenters. The molecule has 79 heavy (non-hydrogen) atoms. The van der Waals surface area contributed by atoms with E-state index in [2.05, 4.69) is 114 Å². The standard InChI is InChI=1S/2C9H11N.C9H10.3C8H9N.C7H8N2.7C2H6/c1-2-6-9-8(4-1)5-3-7-10-9;1-2-4-9-7-10-6-5-8(9)3-1;1-2-5-9-7-3-6-8(9)4-1;1-3-7-4-2-6-9-8(7)5-1;1-2-7-4-5-9-6-8(7)3-1;1-2-4-8-7(3-1)5-6-9-8;1-2-6-3-5-9-7(6)8-4-1;7*1-2/h3,5,7H,1-2,4,6H2;5-7H,1-4H2;1-2,4-5H,3,6-7H2;2,4,6H,1,3,5H2;4-6H,1-3H2;1-4,9H,5-6H2;1-2,4H,3,5H2,(H,8,9);7*1-2H3. The number of aryl methyl sites for hydroxylation is 10. The van der Waals surface area contributed by atoms with Crippen LogP contribution in [0.1, 0.15) is 209 Å². The number of benzene rings is 2. The molecule has 2 aromatic carbocycles. The molecule has 0 saturated carbocycles. The van der Waals surface area contributed by atoms with Crippen LogP contribution in [0.5, 0.6) is 0 Å². The summed E-state index contributed by atoms with van der Waals surface area (Å²) in [7, 11) is 0. The molecule has 2 N–H and O–H groups in total. The van der Waals surface area contributed by atoms with E-state index in [9.17, 15) is 0 Å². The minimum atomic E-state index is 1.05. The Kier molecular flexibility index (Phi) is 42.8. The summed E-state index contributed by atoms with van der Waals surface area (Å²) in [5, 5.41) is 6.49. The summed E-state index contributed by atoms with van der Waals surface area (Å²) in [4.78, 5) is 20.9. The normalized spacial score (nSPS) is 13.3. The van der Waals surface area contributed by atoms with Gasteiger partial charge in [-0.05, 0) is 214 Å². The van der Waals surface area contributed by atoms with Gasteiger partial charge in [0.25, 0.3) is 0 Å². The van der Waals surface area contributed by atoms with Gasteiger partial charge in [-0.3, -0.25) is 19.9 Å². The second kappa shape index (κ2) is 47.8. The van der Waals surface area contributed by atoms with E-state index in [1.165, 1.54) is 177 Å². The average Bonchev–Trinajstić information content (AvgIpc) is 4.45. The van der Waals surface area contributed by atoms with Gasteiger partial charge < -0.3 is 10.6 Å². The minimum Gasteiger partial charge on any atom is -0.384 e. The summed E-state index contributed by atoms with van der Waals surface area (Å²) in [5.74, 6) is 1.07. The van der Waals surface area contributed by atoms with Crippen molar-refractivity contribution in [2.45, 2.75) is 219 Å². The van der Waals surface area contributed by atoms with E-state index in [1.807, 2.05) is 159 Å². The fourth-order valence-corrected chi connectivity index (χ4v) is 9.72. The number of fused-ring (bicyclic) bond motifs is 7. The van der Waals surface area contributed by atoms with Gasteiger partial charge in [0.2, 0.25) is 0 Å². The second-order valence-electron chi connectivity index (χ2n) is 17.8. The molecule has 5 aromatic heterocycles. The van der Waals surface area contributed by atoms with Crippen LogP contribution in [0.2, 0.25) is 0 Å². The molecule has 432 valence electrons. The fraction of sp³-hybridized carbons (Fsp3) is 0.486. The SMILES string of the molecule is CC.CC.CC.CC.CC.CC.CC.c1cc2c(cn1)CCC2.c1cc2c(cn1)CCCC2.c1ccc2c(c1)CCC2.c1ccc2c(c1)CCN2.c1cnc2c(c1)CCC2.c1cnc2c(c1)CCCC2.c1cnc2c(c1)CCN2. The first-order valence-corrected chi connectivity index (χ1v) is 31.5. The van der Waals surface area contributed by atoms with Crippen molar-refractivity contribution >= 4 is 11.5 Å². The van der Waals surface area contributed by atoms with Gasteiger partial charge in [-0.15, -0.1) is 0 Å². The van der Waals surface area contributed by atoms with Crippen LogP contribution >= 0.6 is 0 Å². The highest BCUT2D eigenvalue weighted by Gasteiger charge is 2.12. The molecule has 7 heterocycles. The Bertz CT molecular complexity index is 2030. The Morgan fingerprint density at radius 1 is 0.266 bits per heavy atom. The highest BCUT2D eigenvalue weighted by atomic mass is 15.0.